The lowest BCUT2D eigenvalue weighted by Crippen LogP contribution is -2.13. The third-order valence-electron chi connectivity index (χ3n) is 5.16. The first-order chi connectivity index (χ1) is 16.3. The maximum Gasteiger partial charge on any atom is 0.255 e. The number of hydrogen-bond donors (Lipinski definition) is 4. The number of primary amides is 1. The molecule has 0 fully saturated rings. The SMILES string of the molecule is COc1ccc(C(=O)Nc2cccc(CNc3nc(C)nc4c(C(N)=O)cc(O)cc34)c2)cc1. The Morgan fingerprint density at radius 1 is 1.06 bits per heavy atom. The number of aryl methyl sites for hydroxylation is 1. The zero-order valence-corrected chi connectivity index (χ0v) is 18.6. The summed E-state index contributed by atoms with van der Waals surface area (Å²) in [7, 11) is 1.57. The molecule has 172 valence electrons. The van der Waals surface area contributed by atoms with Gasteiger partial charge in [0.25, 0.3) is 11.8 Å². The minimum Gasteiger partial charge on any atom is -0.508 e. The molecular formula is C25H23N5O4. The molecule has 0 atom stereocenters. The minimum absolute atomic E-state index is 0.111. The largest absolute Gasteiger partial charge is 0.508 e. The van der Waals surface area contributed by atoms with Crippen LogP contribution in [0.1, 0.15) is 32.1 Å². The second-order valence-corrected chi connectivity index (χ2v) is 7.61. The molecule has 0 unspecified atom stereocenters. The Bertz CT molecular complexity index is 1390. The average Bonchev–Trinajstić information content (AvgIpc) is 2.82. The molecule has 3 aromatic carbocycles. The van der Waals surface area contributed by atoms with Crippen molar-refractivity contribution in [1.29, 1.82) is 0 Å². The topological polar surface area (TPSA) is 139 Å². The van der Waals surface area contributed by atoms with Gasteiger partial charge in [-0.1, -0.05) is 12.1 Å². The van der Waals surface area contributed by atoms with Crippen LogP contribution < -0.4 is 21.1 Å². The molecule has 0 aliphatic rings. The van der Waals surface area contributed by atoms with Gasteiger partial charge in [0.15, 0.2) is 0 Å². The number of carbonyl (C=O) groups is 2. The van der Waals surface area contributed by atoms with Crippen molar-refractivity contribution in [2.75, 3.05) is 17.7 Å². The van der Waals surface area contributed by atoms with Gasteiger partial charge in [-0.05, 0) is 61.0 Å². The number of methoxy groups -OCH3 is 1. The lowest BCUT2D eigenvalue weighted by atomic mass is 10.1. The van der Waals surface area contributed by atoms with E-state index in [4.69, 9.17) is 10.5 Å². The van der Waals surface area contributed by atoms with Gasteiger partial charge in [-0.15, -0.1) is 0 Å². The summed E-state index contributed by atoms with van der Waals surface area (Å²) < 4.78 is 5.12. The predicted molar refractivity (Wildman–Crippen MR) is 129 cm³/mol. The summed E-state index contributed by atoms with van der Waals surface area (Å²) in [5, 5.41) is 16.6. The first kappa shape index (κ1) is 22.5. The van der Waals surface area contributed by atoms with Crippen molar-refractivity contribution in [1.82, 2.24) is 9.97 Å². The molecule has 2 amide bonds. The Balaban J connectivity index is 1.54. The summed E-state index contributed by atoms with van der Waals surface area (Å²) in [6.45, 7) is 2.08. The first-order valence-electron chi connectivity index (χ1n) is 10.4. The molecule has 5 N–H and O–H groups in total. The maximum absolute atomic E-state index is 12.6. The fourth-order valence-corrected chi connectivity index (χ4v) is 3.54. The van der Waals surface area contributed by atoms with E-state index in [0.29, 0.717) is 46.1 Å². The molecule has 9 nitrogen and oxygen atoms in total. The highest BCUT2D eigenvalue weighted by Gasteiger charge is 2.15. The Kier molecular flexibility index (Phi) is 6.26. The van der Waals surface area contributed by atoms with E-state index >= 15 is 0 Å². The van der Waals surface area contributed by atoms with Gasteiger partial charge in [-0.2, -0.15) is 0 Å². The monoisotopic (exact) mass is 457 g/mol. The lowest BCUT2D eigenvalue weighted by molar-refractivity contribution is 0.0998. The number of hydrogen-bond acceptors (Lipinski definition) is 7. The van der Waals surface area contributed by atoms with Gasteiger partial charge in [0.2, 0.25) is 0 Å². The van der Waals surface area contributed by atoms with E-state index in [2.05, 4.69) is 20.6 Å². The number of nitrogens with one attached hydrogen (secondary N) is 2. The van der Waals surface area contributed by atoms with Crippen molar-refractivity contribution in [2.24, 2.45) is 5.73 Å². The van der Waals surface area contributed by atoms with E-state index in [9.17, 15) is 14.7 Å². The van der Waals surface area contributed by atoms with Crippen molar-refractivity contribution < 1.29 is 19.4 Å². The van der Waals surface area contributed by atoms with Gasteiger partial charge in [-0.25, -0.2) is 9.97 Å². The van der Waals surface area contributed by atoms with Gasteiger partial charge in [-0.3, -0.25) is 9.59 Å². The van der Waals surface area contributed by atoms with Crippen LogP contribution in [0.3, 0.4) is 0 Å². The average molecular weight is 457 g/mol. The molecule has 4 rings (SSSR count). The highest BCUT2D eigenvalue weighted by atomic mass is 16.5. The Morgan fingerprint density at radius 2 is 1.82 bits per heavy atom. The van der Waals surface area contributed by atoms with E-state index in [1.807, 2.05) is 18.2 Å². The van der Waals surface area contributed by atoms with E-state index < -0.39 is 5.91 Å². The van der Waals surface area contributed by atoms with Crippen LogP contribution >= 0.6 is 0 Å². The van der Waals surface area contributed by atoms with Crippen molar-refractivity contribution in [3.8, 4) is 11.5 Å². The zero-order chi connectivity index (χ0) is 24.2. The van der Waals surface area contributed by atoms with Crippen LogP contribution in [0.2, 0.25) is 0 Å². The molecule has 0 spiro atoms. The summed E-state index contributed by atoms with van der Waals surface area (Å²) in [5.74, 6) is 0.538. The maximum atomic E-state index is 12.6. The van der Waals surface area contributed by atoms with Crippen LogP contribution in [-0.4, -0.2) is 34.0 Å². The number of nitrogens with zero attached hydrogens (tertiary/aromatic N) is 2. The number of fused-ring (bicyclic) bond motifs is 1. The number of aromatic nitrogens is 2. The number of nitrogens with two attached hydrogens (primary N) is 1. The number of rotatable bonds is 7. The molecule has 0 saturated carbocycles. The lowest BCUT2D eigenvalue weighted by Gasteiger charge is -2.13. The molecular weight excluding hydrogens is 434 g/mol. The second kappa shape index (κ2) is 9.45. The van der Waals surface area contributed by atoms with E-state index in [0.717, 1.165) is 5.56 Å². The molecule has 0 aliphatic heterocycles. The fourth-order valence-electron chi connectivity index (χ4n) is 3.54. The Hall–Kier alpha value is -4.66. The van der Waals surface area contributed by atoms with Crippen LogP contribution in [0.4, 0.5) is 11.5 Å². The van der Waals surface area contributed by atoms with E-state index in [1.165, 1.54) is 12.1 Å². The summed E-state index contributed by atoms with van der Waals surface area (Å²) >= 11 is 0. The van der Waals surface area contributed by atoms with Crippen molar-refractivity contribution in [3.05, 3.63) is 83.2 Å². The van der Waals surface area contributed by atoms with Gasteiger partial charge < -0.3 is 26.2 Å². The quantitative estimate of drug-likeness (QED) is 0.332. The highest BCUT2D eigenvalue weighted by molar-refractivity contribution is 6.08. The molecule has 1 heterocycles. The Labute approximate surface area is 195 Å². The number of aromatic hydroxyl groups is 1. The smallest absolute Gasteiger partial charge is 0.255 e. The number of amides is 2. The molecule has 0 bridgehead atoms. The summed E-state index contributed by atoms with van der Waals surface area (Å²) in [6.07, 6.45) is 0. The van der Waals surface area contributed by atoms with Crippen LogP contribution in [0.25, 0.3) is 10.9 Å². The Morgan fingerprint density at radius 3 is 2.53 bits per heavy atom. The normalized spacial score (nSPS) is 10.6. The van der Waals surface area contributed by atoms with Crippen LogP contribution in [0, 0.1) is 6.92 Å². The molecule has 0 radical (unpaired) electrons. The molecule has 34 heavy (non-hydrogen) atoms. The van der Waals surface area contributed by atoms with Gasteiger partial charge >= 0.3 is 0 Å². The second-order valence-electron chi connectivity index (χ2n) is 7.61. The number of carbonyl (C=O) groups excluding carboxylic acids is 2. The van der Waals surface area contributed by atoms with Crippen molar-refractivity contribution >= 4 is 34.2 Å². The predicted octanol–water partition coefficient (Wildman–Crippen LogP) is 3.62. The van der Waals surface area contributed by atoms with Crippen LogP contribution in [0.15, 0.2) is 60.7 Å². The zero-order valence-electron chi connectivity index (χ0n) is 18.6. The number of ether oxygens (including phenoxy) is 1. The number of benzene rings is 3. The third kappa shape index (κ3) is 4.88. The number of phenols is 1. The highest BCUT2D eigenvalue weighted by Crippen LogP contribution is 2.28. The first-order valence-corrected chi connectivity index (χ1v) is 10.4. The van der Waals surface area contributed by atoms with Crippen molar-refractivity contribution in [3.63, 3.8) is 0 Å². The van der Waals surface area contributed by atoms with E-state index in [1.54, 1.807) is 44.4 Å². The van der Waals surface area contributed by atoms with Gasteiger partial charge in [0, 0.05) is 23.2 Å². The van der Waals surface area contributed by atoms with Crippen LogP contribution in [0.5, 0.6) is 11.5 Å². The summed E-state index contributed by atoms with van der Waals surface area (Å²) in [6, 6.07) is 17.0. The van der Waals surface area contributed by atoms with Gasteiger partial charge in [0.1, 0.15) is 23.1 Å². The summed E-state index contributed by atoms with van der Waals surface area (Å²) in [4.78, 5) is 33.1. The minimum atomic E-state index is -0.690. The van der Waals surface area contributed by atoms with Gasteiger partial charge in [0.05, 0.1) is 18.2 Å². The molecule has 0 aliphatic carbocycles. The summed E-state index contributed by atoms with van der Waals surface area (Å²) in [5.41, 5.74) is 7.96. The fraction of sp³-hybridized carbons (Fsp3) is 0.120. The van der Waals surface area contributed by atoms with Crippen molar-refractivity contribution in [2.45, 2.75) is 13.5 Å². The third-order valence-corrected chi connectivity index (χ3v) is 5.16. The van der Waals surface area contributed by atoms with Crippen LogP contribution in [-0.2, 0) is 6.54 Å². The van der Waals surface area contributed by atoms with E-state index in [-0.39, 0.29) is 17.2 Å². The standard InChI is InChI=1S/C25H23N5O4/c1-14-28-22-20(23(26)32)11-18(31)12-21(22)24(29-14)27-13-15-4-3-5-17(10-15)30-25(33)16-6-8-19(34-2)9-7-16/h3-12,31H,13H2,1-2H3,(H2,26,32)(H,30,33)(H,27,28,29). The molecule has 0 saturated heterocycles. The molecule has 4 aromatic rings. The molecule has 1 aromatic heterocycles. The number of phenolic OH excluding ortho intramolecular Hbond substituents is 1. The number of anilines is 2. The molecule has 9 heteroatoms.